The van der Waals surface area contributed by atoms with Gasteiger partial charge in [0.05, 0.1) is 17.8 Å². The van der Waals surface area contributed by atoms with Crippen molar-refractivity contribution in [2.75, 3.05) is 14.2 Å². The van der Waals surface area contributed by atoms with E-state index >= 15 is 0 Å². The lowest BCUT2D eigenvalue weighted by molar-refractivity contribution is 0.184. The van der Waals surface area contributed by atoms with Crippen LogP contribution in [0, 0.1) is 0 Å². The van der Waals surface area contributed by atoms with Gasteiger partial charge in [-0.1, -0.05) is 0 Å². The Morgan fingerprint density at radius 3 is 2.85 bits per heavy atom. The third-order valence-corrected chi connectivity index (χ3v) is 2.91. The summed E-state index contributed by atoms with van der Waals surface area (Å²) in [5.74, 6) is 0. The van der Waals surface area contributed by atoms with Gasteiger partial charge < -0.3 is 10.1 Å². The van der Waals surface area contributed by atoms with Gasteiger partial charge in [0.1, 0.15) is 5.01 Å². The normalized spacial score (nSPS) is 12.0. The van der Waals surface area contributed by atoms with Gasteiger partial charge in [-0.2, -0.15) is 0 Å². The van der Waals surface area contributed by atoms with E-state index < -0.39 is 0 Å². The minimum atomic E-state index is -0.0531. The molecule has 13 heavy (non-hydrogen) atoms. The number of rotatable bonds is 4. The minimum Gasteiger partial charge on any atom is -0.378 e. The highest BCUT2D eigenvalue weighted by Crippen LogP contribution is 2.21. The summed E-state index contributed by atoms with van der Waals surface area (Å²) in [4.78, 5) is 4.47. The quantitative estimate of drug-likeness (QED) is 0.804. The molecule has 0 aromatic carbocycles. The standard InChI is InChI=1S/C9H16N2OS/c1-9(2,10-3)7-6-13-8(11-7)5-12-4/h6,10H,5H2,1-4H3. The van der Waals surface area contributed by atoms with Crippen molar-refractivity contribution in [3.63, 3.8) is 0 Å². The van der Waals surface area contributed by atoms with Crippen molar-refractivity contribution in [1.82, 2.24) is 10.3 Å². The van der Waals surface area contributed by atoms with Crippen molar-refractivity contribution in [2.45, 2.75) is 26.0 Å². The van der Waals surface area contributed by atoms with E-state index in [0.717, 1.165) is 10.7 Å². The summed E-state index contributed by atoms with van der Waals surface area (Å²) in [5, 5.41) is 6.32. The molecule has 0 aliphatic carbocycles. The lowest BCUT2D eigenvalue weighted by Crippen LogP contribution is -2.33. The predicted octanol–water partition coefficient (Wildman–Crippen LogP) is 1.74. The van der Waals surface area contributed by atoms with Gasteiger partial charge in [-0.05, 0) is 20.9 Å². The number of nitrogens with one attached hydrogen (secondary N) is 1. The fourth-order valence-electron chi connectivity index (χ4n) is 0.916. The Morgan fingerprint density at radius 1 is 1.62 bits per heavy atom. The molecule has 1 heterocycles. The lowest BCUT2D eigenvalue weighted by atomic mass is 10.0. The fraction of sp³-hybridized carbons (Fsp3) is 0.667. The first-order chi connectivity index (χ1) is 6.10. The number of hydrogen-bond donors (Lipinski definition) is 1. The van der Waals surface area contributed by atoms with Crippen LogP contribution in [0.25, 0.3) is 0 Å². The molecule has 0 amide bonds. The third-order valence-electron chi connectivity index (χ3n) is 2.08. The van der Waals surface area contributed by atoms with Crippen LogP contribution in [0.15, 0.2) is 5.38 Å². The van der Waals surface area contributed by atoms with Gasteiger partial charge in [0, 0.05) is 12.5 Å². The maximum absolute atomic E-state index is 5.02. The van der Waals surface area contributed by atoms with Crippen molar-refractivity contribution < 1.29 is 4.74 Å². The topological polar surface area (TPSA) is 34.1 Å². The summed E-state index contributed by atoms with van der Waals surface area (Å²) in [6.45, 7) is 4.82. The molecule has 0 fully saturated rings. The Hall–Kier alpha value is -0.450. The van der Waals surface area contributed by atoms with E-state index in [-0.39, 0.29) is 5.54 Å². The number of ether oxygens (including phenoxy) is 1. The van der Waals surface area contributed by atoms with Gasteiger partial charge in [-0.15, -0.1) is 11.3 Å². The molecule has 1 aromatic rings. The van der Waals surface area contributed by atoms with Crippen LogP contribution in [0.1, 0.15) is 24.5 Å². The van der Waals surface area contributed by atoms with Crippen molar-refractivity contribution in [1.29, 1.82) is 0 Å². The number of nitrogens with zero attached hydrogens (tertiary/aromatic N) is 1. The first-order valence-electron chi connectivity index (χ1n) is 4.23. The third kappa shape index (κ3) is 2.49. The smallest absolute Gasteiger partial charge is 0.119 e. The largest absolute Gasteiger partial charge is 0.378 e. The van der Waals surface area contributed by atoms with E-state index in [1.807, 2.05) is 7.05 Å². The molecular formula is C9H16N2OS. The Balaban J connectivity index is 2.79. The van der Waals surface area contributed by atoms with E-state index in [1.54, 1.807) is 18.4 Å². The van der Waals surface area contributed by atoms with Crippen molar-refractivity contribution >= 4 is 11.3 Å². The van der Waals surface area contributed by atoms with E-state index in [4.69, 9.17) is 4.74 Å². The van der Waals surface area contributed by atoms with Gasteiger partial charge in [0.15, 0.2) is 0 Å². The zero-order valence-electron chi connectivity index (χ0n) is 8.55. The zero-order valence-corrected chi connectivity index (χ0v) is 9.36. The summed E-state index contributed by atoms with van der Waals surface area (Å²) in [6.07, 6.45) is 0. The Labute approximate surface area is 83.1 Å². The lowest BCUT2D eigenvalue weighted by Gasteiger charge is -2.21. The fourth-order valence-corrected chi connectivity index (χ4v) is 1.85. The highest BCUT2D eigenvalue weighted by Gasteiger charge is 2.20. The van der Waals surface area contributed by atoms with Crippen LogP contribution in [-0.2, 0) is 16.9 Å². The van der Waals surface area contributed by atoms with Crippen LogP contribution in [0.4, 0.5) is 0 Å². The van der Waals surface area contributed by atoms with E-state index in [1.165, 1.54) is 0 Å². The van der Waals surface area contributed by atoms with Crippen molar-refractivity contribution in [3.8, 4) is 0 Å². The first kappa shape index (κ1) is 10.6. The Bertz CT molecular complexity index is 270. The van der Waals surface area contributed by atoms with Crippen LogP contribution in [0.3, 0.4) is 0 Å². The zero-order chi connectivity index (χ0) is 9.90. The molecule has 74 valence electrons. The molecule has 0 radical (unpaired) electrons. The molecule has 0 saturated carbocycles. The monoisotopic (exact) mass is 200 g/mol. The maximum atomic E-state index is 5.02. The van der Waals surface area contributed by atoms with Gasteiger partial charge in [-0.25, -0.2) is 4.98 Å². The number of aromatic nitrogens is 1. The molecule has 0 atom stereocenters. The summed E-state index contributed by atoms with van der Waals surface area (Å²) in [6, 6.07) is 0. The second-order valence-electron chi connectivity index (χ2n) is 3.43. The molecule has 3 nitrogen and oxygen atoms in total. The van der Waals surface area contributed by atoms with E-state index in [9.17, 15) is 0 Å². The first-order valence-corrected chi connectivity index (χ1v) is 5.11. The molecule has 1 aromatic heterocycles. The second-order valence-corrected chi connectivity index (χ2v) is 4.38. The number of hydrogen-bond acceptors (Lipinski definition) is 4. The summed E-state index contributed by atoms with van der Waals surface area (Å²) >= 11 is 1.64. The van der Waals surface area contributed by atoms with Crippen LogP contribution in [0.2, 0.25) is 0 Å². The summed E-state index contributed by atoms with van der Waals surface area (Å²) in [5.41, 5.74) is 1.02. The van der Waals surface area contributed by atoms with Crippen molar-refractivity contribution in [2.24, 2.45) is 0 Å². The predicted molar refractivity (Wildman–Crippen MR) is 54.9 cm³/mol. The average Bonchev–Trinajstić information content (AvgIpc) is 2.54. The number of thiazole rings is 1. The molecule has 4 heteroatoms. The van der Waals surface area contributed by atoms with Gasteiger partial charge in [0.2, 0.25) is 0 Å². The Kier molecular flexibility index (Phi) is 3.41. The summed E-state index contributed by atoms with van der Waals surface area (Å²) in [7, 11) is 3.62. The molecule has 0 unspecified atom stereocenters. The van der Waals surface area contributed by atoms with Crippen LogP contribution in [0.5, 0.6) is 0 Å². The summed E-state index contributed by atoms with van der Waals surface area (Å²) < 4.78 is 5.02. The van der Waals surface area contributed by atoms with Crippen molar-refractivity contribution in [3.05, 3.63) is 16.1 Å². The molecule has 0 aliphatic heterocycles. The highest BCUT2D eigenvalue weighted by molar-refractivity contribution is 7.09. The molecule has 0 spiro atoms. The molecule has 1 rings (SSSR count). The van der Waals surface area contributed by atoms with Crippen LogP contribution in [-0.4, -0.2) is 19.1 Å². The molecule has 0 aliphatic rings. The van der Waals surface area contributed by atoms with Crippen LogP contribution >= 0.6 is 11.3 Å². The van der Waals surface area contributed by atoms with Gasteiger partial charge >= 0.3 is 0 Å². The minimum absolute atomic E-state index is 0.0531. The second kappa shape index (κ2) is 4.17. The van der Waals surface area contributed by atoms with E-state index in [0.29, 0.717) is 6.61 Å². The number of methoxy groups -OCH3 is 1. The van der Waals surface area contributed by atoms with Gasteiger partial charge in [0.25, 0.3) is 0 Å². The van der Waals surface area contributed by atoms with Gasteiger partial charge in [-0.3, -0.25) is 0 Å². The SMILES string of the molecule is CNC(C)(C)c1csc(COC)n1. The van der Waals surface area contributed by atoms with E-state index in [2.05, 4.69) is 29.5 Å². The molecule has 0 bridgehead atoms. The average molecular weight is 200 g/mol. The Morgan fingerprint density at radius 2 is 2.31 bits per heavy atom. The van der Waals surface area contributed by atoms with Crippen LogP contribution < -0.4 is 5.32 Å². The molecule has 1 N–H and O–H groups in total. The highest BCUT2D eigenvalue weighted by atomic mass is 32.1. The molecule has 0 saturated heterocycles. The molecular weight excluding hydrogens is 184 g/mol. The maximum Gasteiger partial charge on any atom is 0.119 e.